The lowest BCUT2D eigenvalue weighted by atomic mass is 10.1. The van der Waals surface area contributed by atoms with Crippen molar-refractivity contribution in [1.82, 2.24) is 4.98 Å². The van der Waals surface area contributed by atoms with Crippen LogP contribution in [0, 0.1) is 6.92 Å². The number of aromatic carboxylic acids is 1. The summed E-state index contributed by atoms with van der Waals surface area (Å²) in [5.41, 5.74) is -0.841. The first kappa shape index (κ1) is 11.5. The minimum atomic E-state index is -4.45. The Labute approximate surface area is 93.9 Å². The summed E-state index contributed by atoms with van der Waals surface area (Å²) in [5, 5.41) is 11.0. The molecular weight excluding hydrogens is 235 g/mol. The minimum absolute atomic E-state index is 0.0499. The second kappa shape index (κ2) is 3.51. The number of aromatic nitrogens is 1. The fourth-order valence-electron chi connectivity index (χ4n) is 1.71. The first-order valence-corrected chi connectivity index (χ1v) is 4.71. The quantitative estimate of drug-likeness (QED) is 0.829. The normalized spacial score (nSPS) is 12.0. The highest BCUT2D eigenvalue weighted by molar-refractivity contribution is 5.93. The van der Waals surface area contributed by atoms with Crippen LogP contribution in [0.4, 0.5) is 13.2 Å². The van der Waals surface area contributed by atoms with Crippen LogP contribution >= 0.6 is 0 Å². The lowest BCUT2D eigenvalue weighted by molar-refractivity contribution is -0.255. The Morgan fingerprint density at radius 3 is 2.47 bits per heavy atom. The van der Waals surface area contributed by atoms with Gasteiger partial charge >= 0.3 is 6.18 Å². The molecule has 0 aliphatic heterocycles. The Kier molecular flexibility index (Phi) is 2.38. The van der Waals surface area contributed by atoms with E-state index in [2.05, 4.69) is 4.98 Å². The number of aromatic amines is 1. The Hall–Kier alpha value is -1.98. The molecule has 2 rings (SSSR count). The number of carbonyl (C=O) groups is 1. The Bertz CT molecular complexity index is 599. The van der Waals surface area contributed by atoms with E-state index in [9.17, 15) is 23.1 Å². The van der Waals surface area contributed by atoms with E-state index >= 15 is 0 Å². The second-order valence-electron chi connectivity index (χ2n) is 3.72. The maximum Gasteiger partial charge on any atom is 0.416 e. The van der Waals surface area contributed by atoms with E-state index in [-0.39, 0.29) is 16.8 Å². The zero-order chi connectivity index (χ0) is 12.8. The van der Waals surface area contributed by atoms with Crippen molar-refractivity contribution in [2.45, 2.75) is 13.1 Å². The molecule has 0 aliphatic rings. The van der Waals surface area contributed by atoms with Crippen molar-refractivity contribution in [1.29, 1.82) is 0 Å². The fourth-order valence-corrected chi connectivity index (χ4v) is 1.71. The van der Waals surface area contributed by atoms with E-state index < -0.39 is 17.7 Å². The molecule has 1 aromatic carbocycles. The predicted molar refractivity (Wildman–Crippen MR) is 52.4 cm³/mol. The average molecular weight is 242 g/mol. The number of alkyl halides is 3. The maximum absolute atomic E-state index is 12.6. The van der Waals surface area contributed by atoms with Crippen LogP contribution in [-0.4, -0.2) is 11.0 Å². The zero-order valence-corrected chi connectivity index (χ0v) is 8.68. The van der Waals surface area contributed by atoms with Gasteiger partial charge in [0.15, 0.2) is 0 Å². The number of halogens is 3. The number of rotatable bonds is 1. The van der Waals surface area contributed by atoms with Crippen molar-refractivity contribution in [3.8, 4) is 0 Å². The third-order valence-corrected chi connectivity index (χ3v) is 2.49. The molecule has 3 nitrogen and oxygen atoms in total. The van der Waals surface area contributed by atoms with Crippen LogP contribution in [0.15, 0.2) is 18.2 Å². The topological polar surface area (TPSA) is 55.9 Å². The molecule has 1 N–H and O–H groups in total. The van der Waals surface area contributed by atoms with Crippen LogP contribution in [-0.2, 0) is 6.18 Å². The van der Waals surface area contributed by atoms with Gasteiger partial charge in [-0.25, -0.2) is 0 Å². The third kappa shape index (κ3) is 1.98. The van der Waals surface area contributed by atoms with Gasteiger partial charge in [-0.05, 0) is 30.7 Å². The molecule has 0 atom stereocenters. The summed E-state index contributed by atoms with van der Waals surface area (Å²) in [6, 6.07) is 3.44. The molecule has 90 valence electrons. The van der Waals surface area contributed by atoms with Gasteiger partial charge in [0.05, 0.1) is 17.2 Å². The molecule has 17 heavy (non-hydrogen) atoms. The molecule has 0 spiro atoms. The number of hydrogen-bond donors (Lipinski definition) is 1. The number of benzene rings is 1. The van der Waals surface area contributed by atoms with Crippen molar-refractivity contribution >= 4 is 16.9 Å². The summed E-state index contributed by atoms with van der Waals surface area (Å²) in [6.07, 6.45) is -4.45. The van der Waals surface area contributed by atoms with Crippen molar-refractivity contribution in [2.75, 3.05) is 0 Å². The number of carbonyl (C=O) groups excluding carboxylic acids is 1. The van der Waals surface area contributed by atoms with E-state index in [0.29, 0.717) is 5.39 Å². The summed E-state index contributed by atoms with van der Waals surface area (Å²) in [6.45, 7) is 1.33. The summed E-state index contributed by atoms with van der Waals surface area (Å²) >= 11 is 0. The number of fused-ring (bicyclic) bond motifs is 1. The summed E-state index contributed by atoms with van der Waals surface area (Å²) in [7, 11) is 0. The Balaban J connectivity index is 2.68. The first-order chi connectivity index (χ1) is 7.79. The van der Waals surface area contributed by atoms with Crippen LogP contribution in [0.1, 0.15) is 21.6 Å². The fraction of sp³-hybridized carbons (Fsp3) is 0.182. The third-order valence-electron chi connectivity index (χ3n) is 2.49. The Morgan fingerprint density at radius 2 is 1.94 bits per heavy atom. The van der Waals surface area contributed by atoms with Gasteiger partial charge in [0.1, 0.15) is 0 Å². The number of aryl methyl sites for hydroxylation is 1. The second-order valence-corrected chi connectivity index (χ2v) is 3.72. The predicted octanol–water partition coefficient (Wildman–Crippen LogP) is 1.86. The van der Waals surface area contributed by atoms with E-state index in [1.54, 1.807) is 0 Å². The first-order valence-electron chi connectivity index (χ1n) is 4.71. The van der Waals surface area contributed by atoms with Crippen molar-refractivity contribution < 1.29 is 23.1 Å². The molecule has 1 aromatic heterocycles. The number of H-pyrrole nitrogens is 1. The van der Waals surface area contributed by atoms with Gasteiger partial charge in [0, 0.05) is 10.9 Å². The molecule has 0 aliphatic carbocycles. The summed E-state index contributed by atoms with van der Waals surface area (Å²) in [4.78, 5) is 12.9. The van der Waals surface area contributed by atoms with Crippen LogP contribution in [0.2, 0.25) is 0 Å². The lowest BCUT2D eigenvalue weighted by Crippen LogP contribution is -2.22. The van der Waals surface area contributed by atoms with Gasteiger partial charge in [-0.3, -0.25) is 0 Å². The molecule has 0 bridgehead atoms. The number of hydrogen-bond acceptors (Lipinski definition) is 2. The zero-order valence-electron chi connectivity index (χ0n) is 8.68. The average Bonchev–Trinajstić information content (AvgIpc) is 2.57. The molecule has 0 unspecified atom stereocenters. The van der Waals surface area contributed by atoms with Crippen LogP contribution < -0.4 is 5.11 Å². The monoisotopic (exact) mass is 242 g/mol. The van der Waals surface area contributed by atoms with Crippen molar-refractivity contribution in [3.05, 3.63) is 35.0 Å². The van der Waals surface area contributed by atoms with Gasteiger partial charge in [-0.15, -0.1) is 0 Å². The van der Waals surface area contributed by atoms with Gasteiger partial charge in [-0.1, -0.05) is 0 Å². The molecule has 0 fully saturated rings. The number of nitrogens with one attached hydrogen (secondary N) is 1. The molecule has 2 aromatic rings. The highest BCUT2D eigenvalue weighted by Gasteiger charge is 2.32. The minimum Gasteiger partial charge on any atom is -0.543 e. The van der Waals surface area contributed by atoms with Gasteiger partial charge in [-0.2, -0.15) is 13.2 Å². The SMILES string of the molecule is Cc1cc2cc(C(=O)[O-])[nH]c2cc1C(F)(F)F. The molecule has 0 amide bonds. The van der Waals surface area contributed by atoms with E-state index in [1.165, 1.54) is 19.1 Å². The molecule has 6 heteroatoms. The maximum atomic E-state index is 12.6. The standard InChI is InChI=1S/C11H8F3NO2/c1-5-2-6-3-9(10(16)17)15-8(6)4-7(5)11(12,13)14/h2-4,15H,1H3,(H,16,17)/p-1. The van der Waals surface area contributed by atoms with Crippen LogP contribution in [0.3, 0.4) is 0 Å². The number of carboxylic acids is 1. The van der Waals surface area contributed by atoms with E-state index in [1.807, 2.05) is 0 Å². The van der Waals surface area contributed by atoms with Gasteiger partial charge in [0.2, 0.25) is 0 Å². The largest absolute Gasteiger partial charge is 0.543 e. The molecule has 1 heterocycles. The molecule has 0 radical (unpaired) electrons. The van der Waals surface area contributed by atoms with Crippen molar-refractivity contribution in [3.63, 3.8) is 0 Å². The smallest absolute Gasteiger partial charge is 0.416 e. The lowest BCUT2D eigenvalue weighted by Gasteiger charge is -2.09. The molecule has 0 saturated heterocycles. The summed E-state index contributed by atoms with van der Waals surface area (Å²) < 4.78 is 37.8. The van der Waals surface area contributed by atoms with Crippen molar-refractivity contribution in [2.24, 2.45) is 0 Å². The Morgan fingerprint density at radius 1 is 1.29 bits per heavy atom. The highest BCUT2D eigenvalue weighted by atomic mass is 19.4. The highest BCUT2D eigenvalue weighted by Crippen LogP contribution is 2.34. The van der Waals surface area contributed by atoms with Gasteiger partial charge < -0.3 is 14.9 Å². The number of carboxylic acid groups (broad SMARTS) is 1. The molecular formula is C11H7F3NO2-. The van der Waals surface area contributed by atoms with Crippen LogP contribution in [0.5, 0.6) is 0 Å². The van der Waals surface area contributed by atoms with Crippen LogP contribution in [0.25, 0.3) is 10.9 Å². The van der Waals surface area contributed by atoms with E-state index in [4.69, 9.17) is 0 Å². The van der Waals surface area contributed by atoms with E-state index in [0.717, 1.165) is 6.07 Å². The molecule has 0 saturated carbocycles. The van der Waals surface area contributed by atoms with Gasteiger partial charge in [0.25, 0.3) is 0 Å². The summed E-state index contributed by atoms with van der Waals surface area (Å²) in [5.74, 6) is -1.45.